The van der Waals surface area contributed by atoms with E-state index >= 15 is 0 Å². The van der Waals surface area contributed by atoms with Gasteiger partial charge < -0.3 is 9.47 Å². The highest BCUT2D eigenvalue weighted by molar-refractivity contribution is 6.33. The summed E-state index contributed by atoms with van der Waals surface area (Å²) >= 11 is 6.39. The van der Waals surface area contributed by atoms with E-state index < -0.39 is 18.6 Å². The molecule has 148 valence electrons. The van der Waals surface area contributed by atoms with Crippen molar-refractivity contribution in [3.63, 3.8) is 0 Å². The Labute approximate surface area is 164 Å². The van der Waals surface area contributed by atoms with Gasteiger partial charge in [0, 0.05) is 19.4 Å². The number of benzene rings is 1. The molecule has 1 amide bonds. The highest BCUT2D eigenvalue weighted by atomic mass is 35.5. The van der Waals surface area contributed by atoms with Gasteiger partial charge in [-0.3, -0.25) is 4.79 Å². The second-order valence-electron chi connectivity index (χ2n) is 6.25. The summed E-state index contributed by atoms with van der Waals surface area (Å²) in [6, 6.07) is 9.07. The zero-order valence-electron chi connectivity index (χ0n) is 15.1. The van der Waals surface area contributed by atoms with Gasteiger partial charge in [-0.05, 0) is 19.1 Å². The summed E-state index contributed by atoms with van der Waals surface area (Å²) in [6.07, 6.45) is -1.88. The van der Waals surface area contributed by atoms with Crippen LogP contribution in [0.2, 0.25) is 5.15 Å². The monoisotopic (exact) mass is 411 g/mol. The number of carbonyl (C=O) groups excluding carboxylic acids is 1. The fourth-order valence-electron chi connectivity index (χ4n) is 2.79. The van der Waals surface area contributed by atoms with Crippen molar-refractivity contribution in [1.29, 1.82) is 0 Å². The summed E-state index contributed by atoms with van der Waals surface area (Å²) in [5.74, 6) is -0.330. The number of hydrogen-bond donors (Lipinski definition) is 0. The molecule has 0 atom stereocenters. The van der Waals surface area contributed by atoms with Crippen molar-refractivity contribution in [2.24, 2.45) is 0 Å². The number of para-hydroxylation sites is 1. The number of hydrogen-bond acceptors (Lipinski definition) is 3. The third-order valence-corrected chi connectivity index (χ3v) is 4.44. The Morgan fingerprint density at radius 1 is 1.25 bits per heavy atom. The zero-order chi connectivity index (χ0) is 20.5. The van der Waals surface area contributed by atoms with Gasteiger partial charge in [0.2, 0.25) is 0 Å². The summed E-state index contributed by atoms with van der Waals surface area (Å²) in [7, 11) is 1.48. The van der Waals surface area contributed by atoms with Crippen LogP contribution >= 0.6 is 11.6 Å². The number of carbonyl (C=O) groups is 1. The Morgan fingerprint density at radius 3 is 2.57 bits per heavy atom. The van der Waals surface area contributed by atoms with Gasteiger partial charge in [0.25, 0.3) is 5.91 Å². The van der Waals surface area contributed by atoms with E-state index in [1.54, 1.807) is 19.1 Å². The quantitative estimate of drug-likeness (QED) is 0.640. The number of halogens is 4. The van der Waals surface area contributed by atoms with Crippen molar-refractivity contribution < 1.29 is 18.0 Å². The molecular formula is C18H17ClF3N5O. The molecule has 1 aromatic carbocycles. The van der Waals surface area contributed by atoms with E-state index in [1.807, 2.05) is 18.2 Å². The Morgan fingerprint density at radius 2 is 1.93 bits per heavy atom. The minimum atomic E-state index is -4.38. The smallest absolute Gasteiger partial charge is 0.334 e. The van der Waals surface area contributed by atoms with Gasteiger partial charge in [0.1, 0.15) is 17.5 Å². The molecule has 0 radical (unpaired) electrons. The summed E-state index contributed by atoms with van der Waals surface area (Å²) in [4.78, 5) is 18.1. The average molecular weight is 412 g/mol. The number of imidazole rings is 1. The maximum Gasteiger partial charge on any atom is 0.406 e. The minimum Gasteiger partial charge on any atom is -0.334 e. The lowest BCUT2D eigenvalue weighted by atomic mass is 10.2. The van der Waals surface area contributed by atoms with E-state index in [4.69, 9.17) is 11.6 Å². The van der Waals surface area contributed by atoms with Crippen LogP contribution in [0.5, 0.6) is 0 Å². The maximum absolute atomic E-state index is 12.9. The van der Waals surface area contributed by atoms with Crippen LogP contribution in [-0.4, -0.2) is 43.4 Å². The number of amides is 1. The number of nitrogens with zero attached hydrogens (tertiary/aromatic N) is 5. The molecule has 0 saturated carbocycles. The molecule has 3 rings (SSSR count). The Kier molecular flexibility index (Phi) is 5.46. The molecule has 0 aliphatic heterocycles. The summed E-state index contributed by atoms with van der Waals surface area (Å²) in [5.41, 5.74) is 1.31. The van der Waals surface area contributed by atoms with E-state index in [9.17, 15) is 18.0 Å². The second kappa shape index (κ2) is 7.67. The van der Waals surface area contributed by atoms with Crippen LogP contribution in [0, 0.1) is 6.92 Å². The van der Waals surface area contributed by atoms with Crippen LogP contribution in [0.4, 0.5) is 13.2 Å². The fourth-order valence-corrected chi connectivity index (χ4v) is 3.14. The van der Waals surface area contributed by atoms with Crippen molar-refractivity contribution in [3.05, 3.63) is 65.0 Å². The summed E-state index contributed by atoms with van der Waals surface area (Å²) in [5, 5.41) is 4.45. The molecule has 3 aromatic rings. The minimum absolute atomic E-state index is 0.103. The van der Waals surface area contributed by atoms with E-state index in [-0.39, 0.29) is 23.1 Å². The molecule has 0 saturated heterocycles. The van der Waals surface area contributed by atoms with Crippen molar-refractivity contribution in [2.75, 3.05) is 7.05 Å². The largest absolute Gasteiger partial charge is 0.406 e. The van der Waals surface area contributed by atoms with E-state index in [1.165, 1.54) is 29.0 Å². The number of aromatic nitrogens is 4. The summed E-state index contributed by atoms with van der Waals surface area (Å²) < 4.78 is 40.4. The van der Waals surface area contributed by atoms with Crippen LogP contribution < -0.4 is 0 Å². The van der Waals surface area contributed by atoms with Gasteiger partial charge in [-0.1, -0.05) is 29.8 Å². The van der Waals surface area contributed by atoms with Gasteiger partial charge in [0.15, 0.2) is 0 Å². The number of aryl methyl sites for hydroxylation is 1. The van der Waals surface area contributed by atoms with E-state index in [0.29, 0.717) is 11.4 Å². The molecule has 10 heteroatoms. The predicted octanol–water partition coefficient (Wildman–Crippen LogP) is 3.87. The third-order valence-electron chi connectivity index (χ3n) is 4.10. The molecular weight excluding hydrogens is 395 g/mol. The SMILES string of the molecule is Cc1nn(-c2ccccc2)c(Cl)c1C(=O)N(C)Cc1nccn1CC(F)(F)F. The van der Waals surface area contributed by atoms with Crippen LogP contribution in [0.15, 0.2) is 42.7 Å². The van der Waals surface area contributed by atoms with E-state index in [2.05, 4.69) is 10.1 Å². The number of alkyl halides is 3. The van der Waals surface area contributed by atoms with Gasteiger partial charge >= 0.3 is 6.18 Å². The van der Waals surface area contributed by atoms with Crippen LogP contribution in [-0.2, 0) is 13.1 Å². The first-order chi connectivity index (χ1) is 13.2. The molecule has 0 bridgehead atoms. The lowest BCUT2D eigenvalue weighted by molar-refractivity contribution is -0.141. The van der Waals surface area contributed by atoms with Gasteiger partial charge in [-0.25, -0.2) is 9.67 Å². The normalized spacial score (nSPS) is 11.6. The molecule has 0 N–H and O–H groups in total. The van der Waals surface area contributed by atoms with Crippen LogP contribution in [0.3, 0.4) is 0 Å². The molecule has 6 nitrogen and oxygen atoms in total. The van der Waals surface area contributed by atoms with Crippen molar-refractivity contribution in [1.82, 2.24) is 24.2 Å². The zero-order valence-corrected chi connectivity index (χ0v) is 15.9. The van der Waals surface area contributed by atoms with Gasteiger partial charge in [0.05, 0.1) is 23.5 Å². The Balaban J connectivity index is 1.84. The van der Waals surface area contributed by atoms with Crippen molar-refractivity contribution >= 4 is 17.5 Å². The number of rotatable bonds is 5. The third kappa shape index (κ3) is 4.19. The molecule has 0 aliphatic carbocycles. The fraction of sp³-hybridized carbons (Fsp3) is 0.278. The summed E-state index contributed by atoms with van der Waals surface area (Å²) in [6.45, 7) is 0.376. The topological polar surface area (TPSA) is 56.0 Å². The molecule has 0 spiro atoms. The van der Waals surface area contributed by atoms with Crippen LogP contribution in [0.1, 0.15) is 21.9 Å². The average Bonchev–Trinajstić information content (AvgIpc) is 3.17. The highest BCUT2D eigenvalue weighted by Crippen LogP contribution is 2.25. The van der Waals surface area contributed by atoms with Gasteiger partial charge in [-0.15, -0.1) is 0 Å². The second-order valence-corrected chi connectivity index (χ2v) is 6.60. The van der Waals surface area contributed by atoms with E-state index in [0.717, 1.165) is 4.57 Å². The Bertz CT molecular complexity index is 981. The van der Waals surface area contributed by atoms with Gasteiger partial charge in [-0.2, -0.15) is 18.3 Å². The van der Waals surface area contributed by atoms with Crippen molar-refractivity contribution in [2.45, 2.75) is 26.2 Å². The molecule has 2 aromatic heterocycles. The first-order valence-electron chi connectivity index (χ1n) is 8.30. The molecule has 0 aliphatic rings. The first-order valence-corrected chi connectivity index (χ1v) is 8.68. The molecule has 2 heterocycles. The van der Waals surface area contributed by atoms with Crippen molar-refractivity contribution in [3.8, 4) is 5.69 Å². The molecule has 0 unspecified atom stereocenters. The standard InChI is InChI=1S/C18H17ClF3N5O/c1-12-15(16(19)27(24-12)13-6-4-3-5-7-13)17(28)25(2)10-14-23-8-9-26(14)11-18(20,21)22/h3-9H,10-11H2,1-2H3. The lowest BCUT2D eigenvalue weighted by Crippen LogP contribution is -2.29. The molecule has 0 fully saturated rings. The molecule has 28 heavy (non-hydrogen) atoms. The maximum atomic E-state index is 12.9. The first kappa shape index (κ1) is 19.9. The predicted molar refractivity (Wildman–Crippen MR) is 97.4 cm³/mol. The van der Waals surface area contributed by atoms with Crippen LogP contribution in [0.25, 0.3) is 5.69 Å². The highest BCUT2D eigenvalue weighted by Gasteiger charge is 2.30. The Hall–Kier alpha value is -2.81. The lowest BCUT2D eigenvalue weighted by Gasteiger charge is -2.18.